The van der Waals surface area contributed by atoms with Crippen LogP contribution < -0.4 is 10.6 Å². The number of benzene rings is 1. The first kappa shape index (κ1) is 15.9. The zero-order valence-corrected chi connectivity index (χ0v) is 11.9. The number of carboxylic acids is 1. The largest absolute Gasteiger partial charge is 0.480 e. The average molecular weight is 342 g/mol. The molecule has 8 heteroatoms. The number of aliphatic carboxylic acids is 1. The molecule has 7 nitrogen and oxygen atoms in total. The number of amides is 2. The van der Waals surface area contributed by atoms with Gasteiger partial charge in [0, 0.05) is 11.0 Å². The number of urea groups is 1. The van der Waals surface area contributed by atoms with Gasteiger partial charge in [0.15, 0.2) is 0 Å². The van der Waals surface area contributed by atoms with E-state index in [0.717, 1.165) is 4.47 Å². The van der Waals surface area contributed by atoms with E-state index in [1.54, 1.807) is 18.2 Å². The van der Waals surface area contributed by atoms with Gasteiger partial charge in [-0.25, -0.2) is 9.59 Å². The minimum absolute atomic E-state index is 0.0885. The van der Waals surface area contributed by atoms with Crippen LogP contribution in [0.2, 0.25) is 0 Å². The summed E-state index contributed by atoms with van der Waals surface area (Å²) in [6.07, 6.45) is 0. The van der Waals surface area contributed by atoms with Crippen LogP contribution in [0, 0.1) is 11.3 Å². The quantitative estimate of drug-likeness (QED) is 0.679. The number of halogens is 1. The summed E-state index contributed by atoms with van der Waals surface area (Å²) in [5.41, 5.74) is 0.719. The highest BCUT2D eigenvalue weighted by Crippen LogP contribution is 2.19. The molecule has 20 heavy (non-hydrogen) atoms. The molecule has 0 fully saturated rings. The van der Waals surface area contributed by atoms with Crippen LogP contribution >= 0.6 is 15.9 Å². The van der Waals surface area contributed by atoms with Gasteiger partial charge in [-0.3, -0.25) is 0 Å². The van der Waals surface area contributed by atoms with E-state index in [4.69, 9.17) is 15.1 Å². The van der Waals surface area contributed by atoms with E-state index < -0.39 is 18.6 Å². The number of nitrogens with zero attached hydrogens (tertiary/aromatic N) is 1. The molecule has 0 spiro atoms. The standard InChI is InChI=1S/C12H12BrN3O4/c13-9-1-2-10(8(5-9)6-14)16-12(19)15-3-4-20-7-11(17)18/h1-2,5H,3-4,7H2,(H,17,18)(H2,15,16,19). The SMILES string of the molecule is N#Cc1cc(Br)ccc1NC(=O)NCCOCC(=O)O. The maximum atomic E-state index is 11.5. The summed E-state index contributed by atoms with van der Waals surface area (Å²) in [6.45, 7) is -0.155. The second kappa shape index (κ2) is 8.14. The Morgan fingerprint density at radius 2 is 2.20 bits per heavy atom. The van der Waals surface area contributed by atoms with E-state index in [2.05, 4.69) is 26.6 Å². The number of ether oxygens (including phenoxy) is 1. The Morgan fingerprint density at radius 3 is 2.85 bits per heavy atom. The summed E-state index contributed by atoms with van der Waals surface area (Å²) in [6, 6.07) is 6.36. The van der Waals surface area contributed by atoms with Gasteiger partial charge < -0.3 is 20.5 Å². The second-order valence-corrected chi connectivity index (χ2v) is 4.54. The van der Waals surface area contributed by atoms with Crippen molar-refractivity contribution in [1.29, 1.82) is 5.26 Å². The Kier molecular flexibility index (Phi) is 6.49. The van der Waals surface area contributed by atoms with E-state index in [1.165, 1.54) is 0 Å². The molecule has 0 aliphatic rings. The van der Waals surface area contributed by atoms with Gasteiger partial charge in [0.1, 0.15) is 12.7 Å². The zero-order valence-electron chi connectivity index (χ0n) is 10.4. The molecule has 3 N–H and O–H groups in total. The van der Waals surface area contributed by atoms with Crippen LogP contribution in [0.15, 0.2) is 22.7 Å². The maximum Gasteiger partial charge on any atom is 0.329 e. The number of carboxylic acid groups (broad SMARTS) is 1. The number of nitrogens with one attached hydrogen (secondary N) is 2. The molecule has 0 saturated heterocycles. The normalized spacial score (nSPS) is 9.60. The maximum absolute atomic E-state index is 11.5. The molecule has 2 amide bonds. The van der Waals surface area contributed by atoms with Crippen molar-refractivity contribution in [3.05, 3.63) is 28.2 Å². The first-order valence-electron chi connectivity index (χ1n) is 5.57. The number of nitriles is 1. The lowest BCUT2D eigenvalue weighted by molar-refractivity contribution is -0.142. The molecule has 0 aliphatic heterocycles. The third-order valence-electron chi connectivity index (χ3n) is 2.11. The van der Waals surface area contributed by atoms with E-state index in [-0.39, 0.29) is 13.2 Å². The highest BCUT2D eigenvalue weighted by molar-refractivity contribution is 9.10. The first-order chi connectivity index (χ1) is 9.52. The minimum Gasteiger partial charge on any atom is -0.480 e. The predicted octanol–water partition coefficient (Wildman–Crippen LogP) is 1.54. The topological polar surface area (TPSA) is 111 Å². The number of carbonyl (C=O) groups is 2. The number of hydrogen-bond donors (Lipinski definition) is 3. The molecule has 0 bridgehead atoms. The molecule has 0 aliphatic carbocycles. The smallest absolute Gasteiger partial charge is 0.329 e. The van der Waals surface area contributed by atoms with E-state index in [1.807, 2.05) is 6.07 Å². The molecule has 0 atom stereocenters. The molecular weight excluding hydrogens is 330 g/mol. The highest BCUT2D eigenvalue weighted by Gasteiger charge is 2.06. The summed E-state index contributed by atoms with van der Waals surface area (Å²) in [4.78, 5) is 21.7. The second-order valence-electron chi connectivity index (χ2n) is 3.63. The molecule has 1 aromatic carbocycles. The van der Waals surface area contributed by atoms with E-state index >= 15 is 0 Å². The third-order valence-corrected chi connectivity index (χ3v) is 2.60. The van der Waals surface area contributed by atoms with E-state index in [9.17, 15) is 9.59 Å². The fourth-order valence-corrected chi connectivity index (χ4v) is 1.64. The Morgan fingerprint density at radius 1 is 1.45 bits per heavy atom. The van der Waals surface area contributed by atoms with Crippen molar-refractivity contribution in [3.63, 3.8) is 0 Å². The van der Waals surface area contributed by atoms with Crippen LogP contribution in [-0.2, 0) is 9.53 Å². The predicted molar refractivity (Wildman–Crippen MR) is 74.3 cm³/mol. The van der Waals surface area contributed by atoms with Crippen molar-refractivity contribution in [3.8, 4) is 6.07 Å². The molecule has 0 heterocycles. The molecular formula is C12H12BrN3O4. The van der Waals surface area contributed by atoms with Crippen molar-refractivity contribution >= 4 is 33.6 Å². The van der Waals surface area contributed by atoms with E-state index in [0.29, 0.717) is 11.3 Å². The number of carbonyl (C=O) groups excluding carboxylic acids is 1. The lowest BCUT2D eigenvalue weighted by atomic mass is 10.2. The van der Waals surface area contributed by atoms with Gasteiger partial charge in [-0.15, -0.1) is 0 Å². The molecule has 1 aromatic rings. The van der Waals surface area contributed by atoms with Crippen molar-refractivity contribution in [2.45, 2.75) is 0 Å². The fraction of sp³-hybridized carbons (Fsp3) is 0.250. The molecule has 0 radical (unpaired) electrons. The third kappa shape index (κ3) is 5.69. The summed E-state index contributed by atoms with van der Waals surface area (Å²) < 4.78 is 5.49. The van der Waals surface area contributed by atoms with Gasteiger partial charge in [-0.2, -0.15) is 5.26 Å². The van der Waals surface area contributed by atoms with Gasteiger partial charge in [-0.05, 0) is 18.2 Å². The Labute approximate surface area is 123 Å². The molecule has 0 unspecified atom stereocenters. The van der Waals surface area contributed by atoms with Crippen LogP contribution in [-0.4, -0.2) is 36.9 Å². The molecule has 0 saturated carbocycles. The lowest BCUT2D eigenvalue weighted by Gasteiger charge is -2.09. The number of hydrogen-bond acceptors (Lipinski definition) is 4. The fourth-order valence-electron chi connectivity index (χ4n) is 1.28. The Bertz CT molecular complexity index is 542. The number of rotatable bonds is 6. The van der Waals surface area contributed by atoms with Crippen molar-refractivity contribution in [2.24, 2.45) is 0 Å². The minimum atomic E-state index is -1.07. The lowest BCUT2D eigenvalue weighted by Crippen LogP contribution is -2.32. The highest BCUT2D eigenvalue weighted by atomic mass is 79.9. The van der Waals surface area contributed by atoms with Crippen LogP contribution in [0.5, 0.6) is 0 Å². The van der Waals surface area contributed by atoms with Gasteiger partial charge in [0.25, 0.3) is 0 Å². The summed E-state index contributed by atoms with van der Waals surface area (Å²) in [5, 5.41) is 22.3. The van der Waals surface area contributed by atoms with Crippen molar-refractivity contribution < 1.29 is 19.4 Å². The summed E-state index contributed by atoms with van der Waals surface area (Å²) >= 11 is 3.23. The zero-order chi connectivity index (χ0) is 15.0. The van der Waals surface area contributed by atoms with Crippen LogP contribution in [0.3, 0.4) is 0 Å². The van der Waals surface area contributed by atoms with Gasteiger partial charge in [0.2, 0.25) is 0 Å². The average Bonchev–Trinajstić information content (AvgIpc) is 2.40. The van der Waals surface area contributed by atoms with Gasteiger partial charge in [0.05, 0.1) is 17.9 Å². The Hall–Kier alpha value is -2.11. The van der Waals surface area contributed by atoms with Crippen molar-refractivity contribution in [2.75, 3.05) is 25.1 Å². The molecule has 106 valence electrons. The molecule has 0 aromatic heterocycles. The number of anilines is 1. The Balaban J connectivity index is 2.39. The monoisotopic (exact) mass is 341 g/mol. The van der Waals surface area contributed by atoms with Crippen molar-refractivity contribution in [1.82, 2.24) is 5.32 Å². The van der Waals surface area contributed by atoms with Gasteiger partial charge in [-0.1, -0.05) is 15.9 Å². The van der Waals surface area contributed by atoms with Gasteiger partial charge >= 0.3 is 12.0 Å². The van der Waals surface area contributed by atoms with Crippen LogP contribution in [0.25, 0.3) is 0 Å². The summed E-state index contributed by atoms with van der Waals surface area (Å²) in [5.74, 6) is -1.07. The van der Waals surface area contributed by atoms with Crippen LogP contribution in [0.1, 0.15) is 5.56 Å². The molecule has 1 rings (SSSR count). The summed E-state index contributed by atoms with van der Waals surface area (Å²) in [7, 11) is 0. The first-order valence-corrected chi connectivity index (χ1v) is 6.36. The van der Waals surface area contributed by atoms with Crippen LogP contribution in [0.4, 0.5) is 10.5 Å².